The number of oxime groups is 1. The van der Waals surface area contributed by atoms with Crippen LogP contribution in [0.25, 0.3) is 0 Å². The van der Waals surface area contributed by atoms with E-state index in [9.17, 15) is 8.42 Å². The van der Waals surface area contributed by atoms with Crippen LogP contribution in [-0.4, -0.2) is 40.5 Å². The lowest BCUT2D eigenvalue weighted by Gasteiger charge is -2.15. The molecular formula is C7H13BrN6O3S. The Bertz CT molecular complexity index is 534. The van der Waals surface area contributed by atoms with Gasteiger partial charge in [-0.1, -0.05) is 17.3 Å². The van der Waals surface area contributed by atoms with Crippen LogP contribution in [0.4, 0.5) is 0 Å². The lowest BCUT2D eigenvalue weighted by Crippen LogP contribution is -2.44. The van der Waals surface area contributed by atoms with Crippen LogP contribution >= 0.6 is 15.9 Å². The predicted octanol–water partition coefficient (Wildman–Crippen LogP) is -0.619. The smallest absolute Gasteiger partial charge is 0.261 e. The van der Waals surface area contributed by atoms with Gasteiger partial charge in [0, 0.05) is 7.05 Å². The van der Waals surface area contributed by atoms with Crippen molar-refractivity contribution in [2.24, 2.45) is 17.9 Å². The highest BCUT2D eigenvalue weighted by atomic mass is 79.9. The van der Waals surface area contributed by atoms with Crippen molar-refractivity contribution in [1.82, 2.24) is 19.7 Å². The van der Waals surface area contributed by atoms with Crippen LogP contribution in [-0.2, 0) is 17.1 Å². The molecule has 0 saturated heterocycles. The first-order valence-electron chi connectivity index (χ1n) is 4.88. The van der Waals surface area contributed by atoms with Gasteiger partial charge in [-0.15, -0.1) is 5.10 Å². The highest BCUT2D eigenvalue weighted by Gasteiger charge is 2.27. The normalized spacial score (nSPS) is 14.7. The lowest BCUT2D eigenvalue weighted by atomic mass is 10.2. The van der Waals surface area contributed by atoms with Crippen LogP contribution < -0.4 is 10.5 Å². The summed E-state index contributed by atoms with van der Waals surface area (Å²) in [6, 6.07) is -0.804. The van der Waals surface area contributed by atoms with Gasteiger partial charge in [0.25, 0.3) is 10.0 Å². The number of amidine groups is 1. The summed E-state index contributed by atoms with van der Waals surface area (Å²) in [6.45, 7) is 1.70. The standard InChI is InChI=1S/C7H13BrN6O3S/c1-3-4(6(9)11-15)12-18(16,17)7-5(8)10-13-14(7)2/h4,12,15H,3H2,1-2H3,(H2,9,11). The minimum Gasteiger partial charge on any atom is -0.409 e. The molecule has 1 heterocycles. The highest BCUT2D eigenvalue weighted by Crippen LogP contribution is 2.18. The van der Waals surface area contributed by atoms with Gasteiger partial charge in [-0.05, 0) is 22.4 Å². The van der Waals surface area contributed by atoms with Crippen LogP contribution in [0.2, 0.25) is 0 Å². The molecule has 0 bridgehead atoms. The van der Waals surface area contributed by atoms with Crippen molar-refractivity contribution in [3.05, 3.63) is 4.60 Å². The number of aromatic nitrogens is 3. The van der Waals surface area contributed by atoms with Crippen molar-refractivity contribution in [1.29, 1.82) is 0 Å². The van der Waals surface area contributed by atoms with E-state index in [4.69, 9.17) is 10.9 Å². The lowest BCUT2D eigenvalue weighted by molar-refractivity contribution is 0.315. The summed E-state index contributed by atoms with van der Waals surface area (Å²) in [6.07, 6.45) is 0.331. The summed E-state index contributed by atoms with van der Waals surface area (Å²) in [4.78, 5) is 0. The number of nitrogens with two attached hydrogens (primary N) is 1. The van der Waals surface area contributed by atoms with Crippen molar-refractivity contribution >= 4 is 31.8 Å². The largest absolute Gasteiger partial charge is 0.409 e. The van der Waals surface area contributed by atoms with E-state index in [1.54, 1.807) is 6.92 Å². The Balaban J connectivity index is 3.09. The van der Waals surface area contributed by atoms with E-state index >= 15 is 0 Å². The Morgan fingerprint density at radius 1 is 1.72 bits per heavy atom. The van der Waals surface area contributed by atoms with Crippen molar-refractivity contribution < 1.29 is 13.6 Å². The average molecular weight is 341 g/mol. The number of hydrogen-bond acceptors (Lipinski definition) is 6. The van der Waals surface area contributed by atoms with Crippen molar-refractivity contribution in [2.75, 3.05) is 0 Å². The van der Waals surface area contributed by atoms with Gasteiger partial charge >= 0.3 is 0 Å². The van der Waals surface area contributed by atoms with Crippen LogP contribution in [0.1, 0.15) is 13.3 Å². The zero-order chi connectivity index (χ0) is 13.9. The van der Waals surface area contributed by atoms with Crippen LogP contribution in [0.15, 0.2) is 14.8 Å². The molecule has 0 saturated carbocycles. The summed E-state index contributed by atoms with van der Waals surface area (Å²) in [7, 11) is -2.43. The average Bonchev–Trinajstić information content (AvgIpc) is 2.65. The van der Waals surface area contributed by atoms with Crippen LogP contribution in [0, 0.1) is 0 Å². The van der Waals surface area contributed by atoms with E-state index < -0.39 is 16.1 Å². The molecular weight excluding hydrogens is 328 g/mol. The van der Waals surface area contributed by atoms with Gasteiger partial charge in [0.1, 0.15) is 0 Å². The van der Waals surface area contributed by atoms with Crippen molar-refractivity contribution in [3.63, 3.8) is 0 Å². The molecule has 0 aliphatic heterocycles. The van der Waals surface area contributed by atoms with Gasteiger partial charge in [-0.3, -0.25) is 0 Å². The molecule has 0 aliphatic rings. The Hall–Kier alpha value is -1.20. The van der Waals surface area contributed by atoms with E-state index in [0.29, 0.717) is 6.42 Å². The number of halogens is 1. The molecule has 0 fully saturated rings. The summed E-state index contributed by atoms with van der Waals surface area (Å²) >= 11 is 2.99. The number of hydrogen-bond donors (Lipinski definition) is 3. The monoisotopic (exact) mass is 340 g/mol. The van der Waals surface area contributed by atoms with Gasteiger partial charge in [0.15, 0.2) is 10.4 Å². The van der Waals surface area contributed by atoms with Gasteiger partial charge in [0.2, 0.25) is 5.03 Å². The zero-order valence-corrected chi connectivity index (χ0v) is 12.1. The maximum atomic E-state index is 12.1. The van der Waals surface area contributed by atoms with Gasteiger partial charge in [-0.25, -0.2) is 13.1 Å². The molecule has 0 aliphatic carbocycles. The fourth-order valence-electron chi connectivity index (χ4n) is 1.27. The van der Waals surface area contributed by atoms with E-state index in [1.165, 1.54) is 7.05 Å². The molecule has 9 nitrogen and oxygen atoms in total. The number of rotatable bonds is 5. The maximum absolute atomic E-state index is 12.1. The maximum Gasteiger partial charge on any atom is 0.261 e. The molecule has 0 radical (unpaired) electrons. The Morgan fingerprint density at radius 3 is 2.72 bits per heavy atom. The molecule has 0 spiro atoms. The minimum atomic E-state index is -3.88. The van der Waals surface area contributed by atoms with Crippen molar-refractivity contribution in [2.45, 2.75) is 24.4 Å². The van der Waals surface area contributed by atoms with Crippen LogP contribution in [0.5, 0.6) is 0 Å². The molecule has 1 aromatic rings. The van der Waals surface area contributed by atoms with E-state index in [-0.39, 0.29) is 15.5 Å². The Morgan fingerprint density at radius 2 is 2.33 bits per heavy atom. The SMILES string of the molecule is CCC(NS(=O)(=O)c1c(Br)nnn1C)C(N)=NO. The number of nitrogens with zero attached hydrogens (tertiary/aromatic N) is 4. The molecule has 1 unspecified atom stereocenters. The van der Waals surface area contributed by atoms with Crippen LogP contribution in [0.3, 0.4) is 0 Å². The summed E-state index contributed by atoms with van der Waals surface area (Å²) in [5.41, 5.74) is 5.39. The molecule has 1 rings (SSSR count). The zero-order valence-electron chi connectivity index (χ0n) is 9.70. The first kappa shape index (κ1) is 14.9. The topological polar surface area (TPSA) is 135 Å². The molecule has 18 heavy (non-hydrogen) atoms. The highest BCUT2D eigenvalue weighted by molar-refractivity contribution is 9.10. The quantitative estimate of drug-likeness (QED) is 0.283. The first-order chi connectivity index (χ1) is 8.33. The molecule has 0 aromatic carbocycles. The second kappa shape index (κ2) is 5.63. The number of nitrogens with one attached hydrogen (secondary N) is 1. The third kappa shape index (κ3) is 2.97. The second-order valence-electron chi connectivity index (χ2n) is 3.42. The number of aryl methyl sites for hydroxylation is 1. The first-order valence-corrected chi connectivity index (χ1v) is 7.16. The molecule has 11 heteroatoms. The predicted molar refractivity (Wildman–Crippen MR) is 66.5 cm³/mol. The fraction of sp³-hybridized carbons (Fsp3) is 0.571. The molecule has 1 atom stereocenters. The Kier molecular flexibility index (Phi) is 4.65. The third-order valence-corrected chi connectivity index (χ3v) is 4.53. The minimum absolute atomic E-state index is 0.0897. The van der Waals surface area contributed by atoms with Gasteiger partial charge in [-0.2, -0.15) is 4.72 Å². The van der Waals surface area contributed by atoms with Gasteiger partial charge in [0.05, 0.1) is 6.04 Å². The molecule has 0 amide bonds. The summed E-state index contributed by atoms with van der Waals surface area (Å²) in [5.74, 6) is -0.215. The second-order valence-corrected chi connectivity index (χ2v) is 5.80. The van der Waals surface area contributed by atoms with Gasteiger partial charge < -0.3 is 10.9 Å². The van der Waals surface area contributed by atoms with E-state index in [1.807, 2.05) is 0 Å². The molecule has 102 valence electrons. The summed E-state index contributed by atoms with van der Waals surface area (Å²) < 4.78 is 27.7. The summed E-state index contributed by atoms with van der Waals surface area (Å²) in [5, 5.41) is 18.4. The van der Waals surface area contributed by atoms with Crippen molar-refractivity contribution in [3.8, 4) is 0 Å². The number of sulfonamides is 1. The molecule has 4 N–H and O–H groups in total. The fourth-order valence-corrected chi connectivity index (χ4v) is 3.66. The van der Waals surface area contributed by atoms with E-state index in [2.05, 4.69) is 36.1 Å². The Labute approximate surface area is 112 Å². The third-order valence-electron chi connectivity index (χ3n) is 2.17. The van der Waals surface area contributed by atoms with E-state index in [0.717, 1.165) is 4.68 Å². The molecule has 1 aromatic heterocycles.